The van der Waals surface area contributed by atoms with E-state index in [-0.39, 0.29) is 11.6 Å². The highest BCUT2D eigenvalue weighted by Gasteiger charge is 2.74. The number of nitrogens with zero attached hydrogens (tertiary/aromatic N) is 6. The van der Waals surface area contributed by atoms with Crippen LogP contribution in [0.4, 0.5) is 17.6 Å². The topological polar surface area (TPSA) is 111 Å². The quantitative estimate of drug-likeness (QED) is 0.405. The number of aliphatic hydroxyl groups is 1. The largest absolute Gasteiger partial charge is 0.493 e. The predicted molar refractivity (Wildman–Crippen MR) is 132 cm³/mol. The summed E-state index contributed by atoms with van der Waals surface area (Å²) in [6.45, 7) is 0.925. The van der Waals surface area contributed by atoms with Crippen LogP contribution < -0.4 is 24.4 Å². The number of piperidine rings is 1. The van der Waals surface area contributed by atoms with Gasteiger partial charge in [0.25, 0.3) is 0 Å². The zero-order valence-electron chi connectivity index (χ0n) is 20.3. The number of ether oxygens (including phenoxy) is 3. The maximum atomic E-state index is 10.5. The number of aliphatic hydroxyl groups excluding tert-OH is 1. The highest BCUT2D eigenvalue weighted by Crippen LogP contribution is 2.66. The van der Waals surface area contributed by atoms with E-state index in [9.17, 15) is 5.11 Å². The number of anilines is 3. The molecule has 1 spiro atoms. The molecule has 2 saturated carbocycles. The monoisotopic (exact) mass is 489 g/mol. The zero-order valence-corrected chi connectivity index (χ0v) is 20.3. The molecule has 0 radical (unpaired) electrons. The zero-order chi connectivity index (χ0) is 24.6. The standard InChI is InChI=1S/C25H27N7O4/c1-34-18-8-15(9-19(35-2)22(18)36-3)30-12-21(26-13-30)27-24-28-23(17-5-4-6-32(17)29-24)31-11-14-7-16(14)25(31)10-20(25)33/h4-6,8-9,12-14,16,20,33H,7,10-11H2,1-3H3,(H,27,29)/t14-,16-,20-,25?/m0/s1. The molecule has 3 fully saturated rings. The summed E-state index contributed by atoms with van der Waals surface area (Å²) in [5.74, 6) is 4.75. The molecule has 4 atom stereocenters. The summed E-state index contributed by atoms with van der Waals surface area (Å²) in [6, 6.07) is 7.69. The van der Waals surface area contributed by atoms with Gasteiger partial charge < -0.3 is 34.1 Å². The van der Waals surface area contributed by atoms with E-state index in [4.69, 9.17) is 19.2 Å². The van der Waals surface area contributed by atoms with Crippen LogP contribution in [-0.4, -0.2) is 68.8 Å². The van der Waals surface area contributed by atoms with E-state index in [1.165, 1.54) is 6.42 Å². The van der Waals surface area contributed by atoms with Crippen LogP contribution in [0.15, 0.2) is 43.0 Å². The van der Waals surface area contributed by atoms with Crippen LogP contribution in [0.1, 0.15) is 12.8 Å². The number of rotatable bonds is 7. The molecule has 36 heavy (non-hydrogen) atoms. The van der Waals surface area contributed by atoms with E-state index in [1.807, 2.05) is 45.7 Å². The molecule has 3 aromatic heterocycles. The Bertz CT molecular complexity index is 1460. The molecule has 4 aromatic rings. The lowest BCUT2D eigenvalue weighted by Gasteiger charge is -2.29. The Morgan fingerprint density at radius 3 is 2.61 bits per heavy atom. The summed E-state index contributed by atoms with van der Waals surface area (Å²) in [6.07, 6.45) is 7.19. The Labute approximate surface area is 207 Å². The fourth-order valence-electron chi connectivity index (χ4n) is 5.92. The lowest BCUT2D eigenvalue weighted by atomic mass is 10.1. The third kappa shape index (κ3) is 2.98. The smallest absolute Gasteiger partial charge is 0.248 e. The number of aromatic nitrogens is 5. The molecule has 186 valence electrons. The minimum absolute atomic E-state index is 0.158. The number of fused-ring (bicyclic) bond motifs is 3. The Morgan fingerprint density at radius 2 is 1.92 bits per heavy atom. The lowest BCUT2D eigenvalue weighted by molar-refractivity contribution is 0.241. The van der Waals surface area contributed by atoms with Crippen LogP contribution in [0.5, 0.6) is 17.2 Å². The number of hydrogen-bond donors (Lipinski definition) is 2. The molecule has 2 aliphatic carbocycles. The summed E-state index contributed by atoms with van der Waals surface area (Å²) in [5.41, 5.74) is 1.58. The van der Waals surface area contributed by atoms with E-state index in [1.54, 1.807) is 27.7 Å². The van der Waals surface area contributed by atoms with Gasteiger partial charge in [0, 0.05) is 31.3 Å². The van der Waals surface area contributed by atoms with E-state index in [0.29, 0.717) is 40.9 Å². The normalized spacial score (nSPS) is 25.8. The summed E-state index contributed by atoms with van der Waals surface area (Å²) in [5, 5.41) is 18.4. The molecule has 1 aliphatic heterocycles. The van der Waals surface area contributed by atoms with Crippen molar-refractivity contribution >= 4 is 23.1 Å². The minimum atomic E-state index is -0.287. The maximum Gasteiger partial charge on any atom is 0.248 e. The number of hydrogen-bond acceptors (Lipinski definition) is 9. The summed E-state index contributed by atoms with van der Waals surface area (Å²) >= 11 is 0. The first-order valence-electron chi connectivity index (χ1n) is 12.0. The Hall–Kier alpha value is -3.99. The fourth-order valence-corrected chi connectivity index (χ4v) is 5.92. The third-order valence-electron chi connectivity index (χ3n) is 7.82. The predicted octanol–water partition coefficient (Wildman–Crippen LogP) is 2.64. The van der Waals surface area contributed by atoms with Gasteiger partial charge in [0.1, 0.15) is 11.8 Å². The molecule has 3 aliphatic rings. The first-order chi connectivity index (χ1) is 17.5. The molecule has 7 rings (SSSR count). The van der Waals surface area contributed by atoms with E-state index in [2.05, 4.69) is 20.3 Å². The number of benzene rings is 1. The highest BCUT2D eigenvalue weighted by atomic mass is 16.5. The Kier molecular flexibility index (Phi) is 4.44. The van der Waals surface area contributed by atoms with Gasteiger partial charge in [-0.3, -0.25) is 0 Å². The van der Waals surface area contributed by atoms with Crippen LogP contribution in [0, 0.1) is 11.8 Å². The van der Waals surface area contributed by atoms with Gasteiger partial charge in [-0.15, -0.1) is 5.10 Å². The van der Waals surface area contributed by atoms with Crippen LogP contribution >= 0.6 is 0 Å². The number of methoxy groups -OCH3 is 3. The molecule has 0 amide bonds. The van der Waals surface area contributed by atoms with E-state index in [0.717, 1.165) is 30.0 Å². The number of nitrogens with one attached hydrogen (secondary N) is 1. The van der Waals surface area contributed by atoms with Gasteiger partial charge in [-0.1, -0.05) is 0 Å². The fraction of sp³-hybridized carbons (Fsp3) is 0.400. The molecule has 11 nitrogen and oxygen atoms in total. The SMILES string of the molecule is COc1cc(-n2cnc(Nc3nc(N4C[C@@H]5C[C@@H]5C45C[C@@H]5O)c4cccn4n3)c2)cc(OC)c1OC. The molecule has 0 bridgehead atoms. The lowest BCUT2D eigenvalue weighted by Crippen LogP contribution is -2.39. The van der Waals surface area contributed by atoms with Crippen molar-refractivity contribution in [2.75, 3.05) is 38.1 Å². The average Bonchev–Trinajstić information content (AvgIpc) is 3.55. The van der Waals surface area contributed by atoms with Crippen LogP contribution in [0.25, 0.3) is 11.2 Å². The molecular weight excluding hydrogens is 462 g/mol. The first-order valence-corrected chi connectivity index (χ1v) is 12.0. The van der Waals surface area contributed by atoms with Crippen LogP contribution in [-0.2, 0) is 0 Å². The van der Waals surface area contributed by atoms with Gasteiger partial charge in [0.15, 0.2) is 23.1 Å². The molecule has 1 saturated heterocycles. The Balaban J connectivity index is 1.21. The maximum absolute atomic E-state index is 10.5. The van der Waals surface area contributed by atoms with Crippen molar-refractivity contribution in [2.45, 2.75) is 24.5 Å². The van der Waals surface area contributed by atoms with E-state index < -0.39 is 0 Å². The van der Waals surface area contributed by atoms with Crippen molar-refractivity contribution in [3.05, 3.63) is 43.0 Å². The van der Waals surface area contributed by atoms with Gasteiger partial charge in [0.05, 0.1) is 44.9 Å². The second-order valence-corrected chi connectivity index (χ2v) is 9.70. The van der Waals surface area contributed by atoms with Crippen molar-refractivity contribution < 1.29 is 19.3 Å². The third-order valence-corrected chi connectivity index (χ3v) is 7.82. The molecule has 11 heteroatoms. The average molecular weight is 490 g/mol. The molecule has 1 unspecified atom stereocenters. The molecule has 1 aromatic carbocycles. The van der Waals surface area contributed by atoms with Crippen molar-refractivity contribution in [2.24, 2.45) is 11.8 Å². The van der Waals surface area contributed by atoms with Gasteiger partial charge in [-0.05, 0) is 30.4 Å². The van der Waals surface area contributed by atoms with Crippen molar-refractivity contribution in [3.8, 4) is 22.9 Å². The van der Waals surface area contributed by atoms with Crippen molar-refractivity contribution in [1.29, 1.82) is 0 Å². The second-order valence-electron chi connectivity index (χ2n) is 9.70. The van der Waals surface area contributed by atoms with Crippen molar-refractivity contribution in [3.63, 3.8) is 0 Å². The molecule has 2 N–H and O–H groups in total. The molecular formula is C25H27N7O4. The van der Waals surface area contributed by atoms with Crippen molar-refractivity contribution in [1.82, 2.24) is 24.1 Å². The summed E-state index contributed by atoms with van der Waals surface area (Å²) < 4.78 is 20.1. The first kappa shape index (κ1) is 21.3. The van der Waals surface area contributed by atoms with E-state index >= 15 is 0 Å². The van der Waals surface area contributed by atoms with Gasteiger partial charge >= 0.3 is 0 Å². The Morgan fingerprint density at radius 1 is 1.14 bits per heavy atom. The number of imidazole rings is 1. The van der Waals surface area contributed by atoms with Gasteiger partial charge in [-0.2, -0.15) is 4.98 Å². The summed E-state index contributed by atoms with van der Waals surface area (Å²) in [7, 11) is 4.75. The highest BCUT2D eigenvalue weighted by molar-refractivity contribution is 5.74. The minimum Gasteiger partial charge on any atom is -0.493 e. The van der Waals surface area contributed by atoms with Crippen LogP contribution in [0.2, 0.25) is 0 Å². The van der Waals surface area contributed by atoms with Gasteiger partial charge in [0.2, 0.25) is 11.7 Å². The second kappa shape index (κ2) is 7.50. The molecule has 4 heterocycles. The van der Waals surface area contributed by atoms with Crippen LogP contribution in [0.3, 0.4) is 0 Å². The van der Waals surface area contributed by atoms with Gasteiger partial charge in [-0.25, -0.2) is 9.50 Å². The summed E-state index contributed by atoms with van der Waals surface area (Å²) in [4.78, 5) is 11.7.